The number of hydrogen-bond acceptors (Lipinski definition) is 5. The average Bonchev–Trinajstić information content (AvgIpc) is 2.38. The highest BCUT2D eigenvalue weighted by atomic mass is 32.2. The second-order valence-electron chi connectivity index (χ2n) is 4.01. The highest BCUT2D eigenvalue weighted by Crippen LogP contribution is 2.24. The number of carbonyl (C=O) groups is 1. The summed E-state index contributed by atoms with van der Waals surface area (Å²) in [7, 11) is -3.28. The molecule has 0 atom stereocenters. The Kier molecular flexibility index (Phi) is 3.71. The molecule has 0 fully saturated rings. The molecule has 1 aromatic heterocycles. The average molecular weight is 293 g/mol. The molecule has 1 heterocycles. The molecule has 0 aliphatic rings. The van der Waals surface area contributed by atoms with Crippen molar-refractivity contribution in [3.63, 3.8) is 0 Å². The van der Waals surface area contributed by atoms with Gasteiger partial charge in [-0.3, -0.25) is 0 Å². The van der Waals surface area contributed by atoms with Crippen LogP contribution in [0.1, 0.15) is 10.4 Å². The third-order valence-corrected chi connectivity index (χ3v) is 3.60. The van der Waals surface area contributed by atoms with E-state index in [4.69, 9.17) is 9.84 Å². The smallest absolute Gasteiger partial charge is 0.341 e. The molecule has 2 rings (SSSR count). The number of benzene rings is 1. The summed E-state index contributed by atoms with van der Waals surface area (Å²) >= 11 is 0. The number of sulfone groups is 1. The fraction of sp³-hybridized carbons (Fsp3) is 0.0769. The number of nitrogens with zero attached hydrogens (tertiary/aromatic N) is 1. The van der Waals surface area contributed by atoms with Gasteiger partial charge < -0.3 is 9.84 Å². The van der Waals surface area contributed by atoms with E-state index in [9.17, 15) is 13.2 Å². The zero-order valence-electron chi connectivity index (χ0n) is 10.5. The number of pyridine rings is 1. The first kappa shape index (κ1) is 14.0. The Morgan fingerprint density at radius 3 is 2.40 bits per heavy atom. The van der Waals surface area contributed by atoms with Crippen LogP contribution in [-0.4, -0.2) is 30.7 Å². The van der Waals surface area contributed by atoms with Crippen molar-refractivity contribution >= 4 is 15.8 Å². The van der Waals surface area contributed by atoms with Gasteiger partial charge in [-0.2, -0.15) is 0 Å². The molecule has 6 nitrogen and oxygen atoms in total. The second kappa shape index (κ2) is 5.30. The predicted molar refractivity (Wildman–Crippen MR) is 70.8 cm³/mol. The topological polar surface area (TPSA) is 93.6 Å². The van der Waals surface area contributed by atoms with Gasteiger partial charge in [-0.25, -0.2) is 18.2 Å². The van der Waals surface area contributed by atoms with Crippen molar-refractivity contribution in [3.8, 4) is 11.6 Å². The third kappa shape index (κ3) is 3.12. The Bertz CT molecular complexity index is 738. The van der Waals surface area contributed by atoms with E-state index in [1.165, 1.54) is 42.6 Å². The van der Waals surface area contributed by atoms with Crippen molar-refractivity contribution in [2.24, 2.45) is 0 Å². The fourth-order valence-electron chi connectivity index (χ4n) is 1.50. The Balaban J connectivity index is 2.30. The number of carboxylic acid groups (broad SMARTS) is 1. The number of ether oxygens (including phenoxy) is 1. The summed E-state index contributed by atoms with van der Waals surface area (Å²) in [5.74, 6) is -0.897. The van der Waals surface area contributed by atoms with Crippen LogP contribution >= 0.6 is 0 Å². The summed E-state index contributed by atoms with van der Waals surface area (Å²) in [6.07, 6.45) is 2.51. The molecule has 7 heteroatoms. The summed E-state index contributed by atoms with van der Waals surface area (Å²) < 4.78 is 28.0. The number of rotatable bonds is 4. The number of carboxylic acids is 1. The Morgan fingerprint density at radius 1 is 1.20 bits per heavy atom. The molecule has 0 saturated heterocycles. The van der Waals surface area contributed by atoms with Crippen molar-refractivity contribution in [3.05, 3.63) is 48.2 Å². The fourth-order valence-corrected chi connectivity index (χ4v) is 2.13. The maximum absolute atomic E-state index is 11.3. The standard InChI is InChI=1S/C13H11NO5S/c1-20(17,18)10-6-4-9(5-7-10)19-12-11(13(15)16)3-2-8-14-12/h2-8H,1H3,(H,15,16). The van der Waals surface area contributed by atoms with Gasteiger partial charge in [-0.15, -0.1) is 0 Å². The van der Waals surface area contributed by atoms with E-state index >= 15 is 0 Å². The van der Waals surface area contributed by atoms with E-state index in [1.54, 1.807) is 0 Å². The first-order chi connectivity index (χ1) is 9.38. The molecular formula is C13H11NO5S. The van der Waals surface area contributed by atoms with Gasteiger partial charge in [0.15, 0.2) is 9.84 Å². The monoisotopic (exact) mass is 293 g/mol. The Hall–Kier alpha value is -2.41. The van der Waals surface area contributed by atoms with Crippen LogP contribution in [-0.2, 0) is 9.84 Å². The lowest BCUT2D eigenvalue weighted by Crippen LogP contribution is -2.01. The molecule has 0 amide bonds. The summed E-state index contributed by atoms with van der Waals surface area (Å²) in [6.45, 7) is 0. The Labute approximate surface area is 115 Å². The molecule has 104 valence electrons. The van der Waals surface area contributed by atoms with E-state index in [0.29, 0.717) is 5.75 Å². The Morgan fingerprint density at radius 2 is 1.85 bits per heavy atom. The SMILES string of the molecule is CS(=O)(=O)c1ccc(Oc2ncccc2C(=O)O)cc1. The molecule has 0 bridgehead atoms. The van der Waals surface area contributed by atoms with Crippen LogP contribution in [0.4, 0.5) is 0 Å². The molecule has 0 aliphatic heterocycles. The quantitative estimate of drug-likeness (QED) is 0.926. The van der Waals surface area contributed by atoms with Gasteiger partial charge in [0.25, 0.3) is 0 Å². The largest absolute Gasteiger partial charge is 0.477 e. The molecule has 1 N–H and O–H groups in total. The van der Waals surface area contributed by atoms with Gasteiger partial charge in [-0.1, -0.05) is 0 Å². The first-order valence-corrected chi connectivity index (χ1v) is 7.43. The zero-order valence-corrected chi connectivity index (χ0v) is 11.3. The van der Waals surface area contributed by atoms with Gasteiger partial charge in [0.1, 0.15) is 11.3 Å². The first-order valence-electron chi connectivity index (χ1n) is 5.54. The summed E-state index contributed by atoms with van der Waals surface area (Å²) in [5, 5.41) is 9.00. The normalized spacial score (nSPS) is 11.1. The van der Waals surface area contributed by atoms with Crippen molar-refractivity contribution in [1.82, 2.24) is 4.98 Å². The van der Waals surface area contributed by atoms with Gasteiger partial charge in [0.2, 0.25) is 5.88 Å². The van der Waals surface area contributed by atoms with Gasteiger partial charge >= 0.3 is 5.97 Å². The van der Waals surface area contributed by atoms with Crippen LogP contribution in [0.25, 0.3) is 0 Å². The van der Waals surface area contributed by atoms with E-state index in [0.717, 1.165) is 6.26 Å². The lowest BCUT2D eigenvalue weighted by Gasteiger charge is -2.07. The van der Waals surface area contributed by atoms with Gasteiger partial charge in [0, 0.05) is 12.5 Å². The van der Waals surface area contributed by atoms with Crippen molar-refractivity contribution < 1.29 is 23.1 Å². The van der Waals surface area contributed by atoms with Crippen LogP contribution in [0.3, 0.4) is 0 Å². The molecule has 1 aromatic carbocycles. The molecule has 0 radical (unpaired) electrons. The summed E-state index contributed by atoms with van der Waals surface area (Å²) in [6, 6.07) is 8.51. The number of aromatic carboxylic acids is 1. The minimum absolute atomic E-state index is 0.0490. The maximum Gasteiger partial charge on any atom is 0.341 e. The van der Waals surface area contributed by atoms with Gasteiger partial charge in [0.05, 0.1) is 4.90 Å². The maximum atomic E-state index is 11.3. The van der Waals surface area contributed by atoms with Crippen molar-refractivity contribution in [2.45, 2.75) is 4.90 Å². The number of aromatic nitrogens is 1. The predicted octanol–water partition coefficient (Wildman–Crippen LogP) is 1.98. The van der Waals surface area contributed by atoms with Crippen LogP contribution in [0, 0.1) is 0 Å². The number of hydrogen-bond donors (Lipinski definition) is 1. The molecule has 0 unspecified atom stereocenters. The summed E-state index contributed by atoms with van der Waals surface area (Å²) in [5.41, 5.74) is -0.0697. The third-order valence-electron chi connectivity index (χ3n) is 2.47. The van der Waals surface area contributed by atoms with E-state index in [-0.39, 0.29) is 16.3 Å². The molecule has 20 heavy (non-hydrogen) atoms. The van der Waals surface area contributed by atoms with E-state index < -0.39 is 15.8 Å². The minimum atomic E-state index is -3.28. The molecule has 0 saturated carbocycles. The molecular weight excluding hydrogens is 282 g/mol. The van der Waals surface area contributed by atoms with E-state index in [2.05, 4.69) is 4.98 Å². The second-order valence-corrected chi connectivity index (χ2v) is 6.02. The van der Waals surface area contributed by atoms with Crippen LogP contribution in [0.5, 0.6) is 11.6 Å². The van der Waals surface area contributed by atoms with Crippen molar-refractivity contribution in [1.29, 1.82) is 0 Å². The summed E-state index contributed by atoms with van der Waals surface area (Å²) in [4.78, 5) is 15.0. The lowest BCUT2D eigenvalue weighted by atomic mass is 10.3. The van der Waals surface area contributed by atoms with Crippen LogP contribution in [0.15, 0.2) is 47.5 Å². The molecule has 2 aromatic rings. The highest BCUT2D eigenvalue weighted by Gasteiger charge is 2.13. The minimum Gasteiger partial charge on any atom is -0.477 e. The molecule has 0 aliphatic carbocycles. The lowest BCUT2D eigenvalue weighted by molar-refractivity contribution is 0.0693. The highest BCUT2D eigenvalue weighted by molar-refractivity contribution is 7.90. The van der Waals surface area contributed by atoms with Gasteiger partial charge in [-0.05, 0) is 36.4 Å². The van der Waals surface area contributed by atoms with Crippen molar-refractivity contribution in [2.75, 3.05) is 6.26 Å². The van der Waals surface area contributed by atoms with E-state index in [1.807, 2.05) is 0 Å². The van der Waals surface area contributed by atoms with Crippen LogP contribution in [0.2, 0.25) is 0 Å². The van der Waals surface area contributed by atoms with Crippen LogP contribution < -0.4 is 4.74 Å². The molecule has 0 spiro atoms. The zero-order chi connectivity index (χ0) is 14.8.